The molecule has 2 aromatic carbocycles. The zero-order valence-electron chi connectivity index (χ0n) is 16.9. The number of carbonyl (C=O) groups excluding carboxylic acids is 1. The highest BCUT2D eigenvalue weighted by Crippen LogP contribution is 2.25. The van der Waals surface area contributed by atoms with Crippen molar-refractivity contribution in [3.05, 3.63) is 48.5 Å². The smallest absolute Gasteiger partial charge is 0.365 e. The van der Waals surface area contributed by atoms with E-state index in [1.165, 1.54) is 7.11 Å². The summed E-state index contributed by atoms with van der Waals surface area (Å²) < 4.78 is 16.9. The number of benzene rings is 2. The van der Waals surface area contributed by atoms with Gasteiger partial charge in [0.05, 0.1) is 27.0 Å². The van der Waals surface area contributed by atoms with Crippen molar-refractivity contribution in [1.82, 2.24) is 14.8 Å². The first-order chi connectivity index (χ1) is 14.5. The number of hydrogen-bond acceptors (Lipinski definition) is 9. The van der Waals surface area contributed by atoms with E-state index in [-0.39, 0.29) is 5.04 Å². The Bertz CT molecular complexity index is 1030. The molecule has 0 radical (unpaired) electrons. The van der Waals surface area contributed by atoms with Crippen LogP contribution < -0.4 is 14.9 Å². The number of esters is 1. The Morgan fingerprint density at radius 1 is 0.967 bits per heavy atom. The lowest BCUT2D eigenvalue weighted by molar-refractivity contribution is -0.132. The van der Waals surface area contributed by atoms with Crippen LogP contribution in [0.15, 0.2) is 58.8 Å². The first-order valence-electron chi connectivity index (χ1n) is 8.83. The molecule has 10 heteroatoms. The van der Waals surface area contributed by atoms with Gasteiger partial charge in [-0.05, 0) is 60.3 Å². The van der Waals surface area contributed by atoms with Gasteiger partial charge in [0.2, 0.25) is 5.04 Å². The fraction of sp³-hybridized carbons (Fsp3) is 0.200. The van der Waals surface area contributed by atoms with Crippen LogP contribution in [0.25, 0.3) is 11.4 Å². The van der Waals surface area contributed by atoms with E-state index in [0.29, 0.717) is 16.7 Å². The second kappa shape index (κ2) is 9.79. The largest absolute Gasteiger partial charge is 0.497 e. The standard InChI is InChI=1S/C20H21N5O4S/c1-25-17(13-5-9-15(27-2)10-6-13)22-24-20(25)30-18(19(26)29-4)23-21-14-7-11-16(28-3)12-8-14/h5-12,21H,1-4H3/b23-18+. The van der Waals surface area contributed by atoms with Crippen LogP contribution in [0.5, 0.6) is 11.5 Å². The predicted octanol–water partition coefficient (Wildman–Crippen LogP) is 3.19. The molecule has 9 nitrogen and oxygen atoms in total. The van der Waals surface area contributed by atoms with Crippen LogP contribution in [-0.2, 0) is 16.6 Å². The fourth-order valence-corrected chi connectivity index (χ4v) is 3.20. The van der Waals surface area contributed by atoms with Crippen molar-refractivity contribution >= 4 is 28.5 Å². The number of hydrogen-bond donors (Lipinski definition) is 1. The average molecular weight is 427 g/mol. The average Bonchev–Trinajstić information content (AvgIpc) is 3.16. The van der Waals surface area contributed by atoms with E-state index in [1.54, 1.807) is 43.1 Å². The molecular formula is C20H21N5O4S. The normalized spacial score (nSPS) is 11.1. The van der Waals surface area contributed by atoms with Gasteiger partial charge in [-0.25, -0.2) is 4.79 Å². The first-order valence-corrected chi connectivity index (χ1v) is 9.65. The van der Waals surface area contributed by atoms with Crippen LogP contribution in [0.3, 0.4) is 0 Å². The molecule has 0 aliphatic heterocycles. The molecule has 0 aliphatic carbocycles. The van der Waals surface area contributed by atoms with Crippen LogP contribution in [0, 0.1) is 0 Å². The molecule has 0 spiro atoms. The number of nitrogens with one attached hydrogen (secondary N) is 1. The molecule has 1 N–H and O–H groups in total. The number of nitrogens with zero attached hydrogens (tertiary/aromatic N) is 4. The summed E-state index contributed by atoms with van der Waals surface area (Å²) in [6.07, 6.45) is 0. The molecule has 0 aliphatic rings. The van der Waals surface area contributed by atoms with E-state index < -0.39 is 5.97 Å². The number of ether oxygens (including phenoxy) is 3. The molecule has 0 atom stereocenters. The highest BCUT2D eigenvalue weighted by atomic mass is 32.2. The zero-order valence-corrected chi connectivity index (χ0v) is 17.8. The lowest BCUT2D eigenvalue weighted by Gasteiger charge is -2.07. The topological polar surface area (TPSA) is 99.9 Å². The van der Waals surface area contributed by atoms with Gasteiger partial charge in [0, 0.05) is 12.6 Å². The Hall–Kier alpha value is -3.53. The second-order valence-corrected chi connectivity index (χ2v) is 6.90. The third-order valence-electron chi connectivity index (χ3n) is 4.11. The van der Waals surface area contributed by atoms with Gasteiger partial charge in [-0.1, -0.05) is 0 Å². The summed E-state index contributed by atoms with van der Waals surface area (Å²) in [5, 5.41) is 13.2. The zero-order chi connectivity index (χ0) is 21.5. The molecule has 30 heavy (non-hydrogen) atoms. The fourth-order valence-electron chi connectivity index (χ4n) is 2.46. The molecule has 1 aromatic heterocycles. The van der Waals surface area contributed by atoms with Crippen molar-refractivity contribution in [1.29, 1.82) is 0 Å². The van der Waals surface area contributed by atoms with Crippen LogP contribution in [-0.4, -0.2) is 47.1 Å². The molecule has 0 bridgehead atoms. The van der Waals surface area contributed by atoms with Crippen molar-refractivity contribution in [3.8, 4) is 22.9 Å². The SMILES string of the molecule is COC(=O)/C(=N\Nc1ccc(OC)cc1)Sc1nnc(-c2ccc(OC)cc2)n1C. The Morgan fingerprint density at radius 2 is 1.57 bits per heavy atom. The highest BCUT2D eigenvalue weighted by molar-refractivity contribution is 8.15. The van der Waals surface area contributed by atoms with Crippen LogP contribution in [0.4, 0.5) is 5.69 Å². The Balaban J connectivity index is 1.80. The van der Waals surface area contributed by atoms with Gasteiger partial charge in [-0.3, -0.25) is 5.43 Å². The molecule has 3 rings (SSSR count). The van der Waals surface area contributed by atoms with Gasteiger partial charge in [0.15, 0.2) is 11.0 Å². The quantitative estimate of drug-likeness (QED) is 0.210. The number of rotatable bonds is 6. The van der Waals surface area contributed by atoms with Crippen molar-refractivity contribution in [2.45, 2.75) is 5.16 Å². The van der Waals surface area contributed by atoms with Gasteiger partial charge in [0.25, 0.3) is 0 Å². The van der Waals surface area contributed by atoms with E-state index in [2.05, 4.69) is 20.7 Å². The Kier molecular flexibility index (Phi) is 6.91. The van der Waals surface area contributed by atoms with Crippen molar-refractivity contribution in [2.75, 3.05) is 26.8 Å². The Morgan fingerprint density at radius 3 is 2.13 bits per heavy atom. The summed E-state index contributed by atoms with van der Waals surface area (Å²) >= 11 is 1.05. The molecule has 0 saturated heterocycles. The third kappa shape index (κ3) is 4.90. The van der Waals surface area contributed by atoms with E-state index >= 15 is 0 Å². The minimum absolute atomic E-state index is 0.0881. The number of thioether (sulfide) groups is 1. The molecule has 0 saturated carbocycles. The van der Waals surface area contributed by atoms with Crippen molar-refractivity contribution < 1.29 is 19.0 Å². The van der Waals surface area contributed by atoms with E-state index in [1.807, 2.05) is 31.3 Å². The van der Waals surface area contributed by atoms with Crippen LogP contribution in [0.2, 0.25) is 0 Å². The van der Waals surface area contributed by atoms with Crippen LogP contribution in [0.1, 0.15) is 0 Å². The van der Waals surface area contributed by atoms with Crippen molar-refractivity contribution in [3.63, 3.8) is 0 Å². The summed E-state index contributed by atoms with van der Waals surface area (Å²) in [6, 6.07) is 14.6. The van der Waals surface area contributed by atoms with E-state index in [9.17, 15) is 4.79 Å². The summed E-state index contributed by atoms with van der Waals surface area (Å²) in [4.78, 5) is 12.2. The Labute approximate surface area is 178 Å². The molecular weight excluding hydrogens is 406 g/mol. The third-order valence-corrected chi connectivity index (χ3v) is 5.10. The predicted molar refractivity (Wildman–Crippen MR) is 115 cm³/mol. The maximum Gasteiger partial charge on any atom is 0.365 e. The number of anilines is 1. The monoisotopic (exact) mass is 427 g/mol. The number of aromatic nitrogens is 3. The summed E-state index contributed by atoms with van der Waals surface area (Å²) in [6.45, 7) is 0. The molecule has 0 fully saturated rings. The minimum Gasteiger partial charge on any atom is -0.497 e. The molecule has 0 unspecified atom stereocenters. The lowest BCUT2D eigenvalue weighted by Crippen LogP contribution is -2.15. The van der Waals surface area contributed by atoms with Gasteiger partial charge >= 0.3 is 5.97 Å². The van der Waals surface area contributed by atoms with Gasteiger partial charge in [0.1, 0.15) is 11.5 Å². The highest BCUT2D eigenvalue weighted by Gasteiger charge is 2.20. The number of methoxy groups -OCH3 is 3. The maximum atomic E-state index is 12.2. The minimum atomic E-state index is -0.588. The number of hydrazone groups is 1. The van der Waals surface area contributed by atoms with Gasteiger partial charge in [-0.2, -0.15) is 5.10 Å². The second-order valence-electron chi connectivity index (χ2n) is 5.94. The molecule has 156 valence electrons. The lowest BCUT2D eigenvalue weighted by atomic mass is 10.2. The molecule has 1 heterocycles. The summed E-state index contributed by atoms with van der Waals surface area (Å²) in [5.41, 5.74) is 4.40. The van der Waals surface area contributed by atoms with E-state index in [0.717, 1.165) is 28.8 Å². The van der Waals surface area contributed by atoms with E-state index in [4.69, 9.17) is 14.2 Å². The summed E-state index contributed by atoms with van der Waals surface area (Å²) in [5.74, 6) is 1.53. The molecule has 0 amide bonds. The van der Waals surface area contributed by atoms with Crippen molar-refractivity contribution in [2.24, 2.45) is 12.1 Å². The summed E-state index contributed by atoms with van der Waals surface area (Å²) in [7, 11) is 6.31. The first kappa shape index (κ1) is 21.2. The maximum absolute atomic E-state index is 12.2. The van der Waals surface area contributed by atoms with Gasteiger partial charge < -0.3 is 18.8 Å². The molecule has 3 aromatic rings. The van der Waals surface area contributed by atoms with Gasteiger partial charge in [-0.15, -0.1) is 10.2 Å². The number of carbonyl (C=O) groups is 1. The van der Waals surface area contributed by atoms with Crippen LogP contribution >= 0.6 is 11.8 Å².